The van der Waals surface area contributed by atoms with Gasteiger partial charge in [0.2, 0.25) is 5.91 Å². The lowest BCUT2D eigenvalue weighted by Crippen LogP contribution is -2.53. The van der Waals surface area contributed by atoms with Gasteiger partial charge in [-0.3, -0.25) is 9.59 Å². The molecule has 0 aromatic heterocycles. The highest BCUT2D eigenvalue weighted by molar-refractivity contribution is 8.00. The number of carbonyl (C=O) groups excluding carboxylic acids is 2. The summed E-state index contributed by atoms with van der Waals surface area (Å²) in [6.07, 6.45) is 9.34. The SMILES string of the molecule is CCCCCCCCC(=O)N1CCC2(CC1)SCCN2C(=O)c1cccc(F)c1. The van der Waals surface area contributed by atoms with E-state index in [1.54, 1.807) is 12.1 Å². The van der Waals surface area contributed by atoms with Gasteiger partial charge in [-0.25, -0.2) is 4.39 Å². The van der Waals surface area contributed by atoms with E-state index in [0.717, 1.165) is 31.4 Å². The van der Waals surface area contributed by atoms with Crippen LogP contribution in [0.5, 0.6) is 0 Å². The van der Waals surface area contributed by atoms with Crippen LogP contribution in [0.2, 0.25) is 0 Å². The number of hydrogen-bond acceptors (Lipinski definition) is 3. The van der Waals surface area contributed by atoms with Crippen LogP contribution >= 0.6 is 11.8 Å². The van der Waals surface area contributed by atoms with E-state index in [0.29, 0.717) is 31.6 Å². The first kappa shape index (κ1) is 22.1. The number of amides is 2. The summed E-state index contributed by atoms with van der Waals surface area (Å²) in [6.45, 7) is 4.30. The van der Waals surface area contributed by atoms with Crippen molar-refractivity contribution >= 4 is 23.6 Å². The van der Waals surface area contributed by atoms with Gasteiger partial charge in [0.25, 0.3) is 5.91 Å². The Kier molecular flexibility index (Phi) is 7.99. The molecule has 1 spiro atoms. The number of rotatable bonds is 8. The van der Waals surface area contributed by atoms with E-state index >= 15 is 0 Å². The highest BCUT2D eigenvalue weighted by Crippen LogP contribution is 2.44. The molecule has 1 aromatic carbocycles. The van der Waals surface area contributed by atoms with E-state index in [9.17, 15) is 14.0 Å². The van der Waals surface area contributed by atoms with E-state index in [2.05, 4.69) is 6.92 Å². The number of unbranched alkanes of at least 4 members (excludes halogenated alkanes) is 5. The lowest BCUT2D eigenvalue weighted by Gasteiger charge is -2.44. The molecule has 2 saturated heterocycles. The summed E-state index contributed by atoms with van der Waals surface area (Å²) >= 11 is 1.82. The topological polar surface area (TPSA) is 40.6 Å². The Morgan fingerprint density at radius 3 is 2.52 bits per heavy atom. The monoisotopic (exact) mass is 420 g/mol. The Bertz CT molecular complexity index is 704. The van der Waals surface area contributed by atoms with Crippen molar-refractivity contribution < 1.29 is 14.0 Å². The number of piperidine rings is 1. The molecule has 2 aliphatic heterocycles. The average molecular weight is 421 g/mol. The molecule has 0 saturated carbocycles. The number of thioether (sulfide) groups is 1. The molecule has 2 fully saturated rings. The summed E-state index contributed by atoms with van der Waals surface area (Å²) in [6, 6.07) is 5.95. The van der Waals surface area contributed by atoms with Gasteiger partial charge in [0.05, 0.1) is 4.87 Å². The summed E-state index contributed by atoms with van der Waals surface area (Å²) in [5.74, 6) is 0.668. The molecule has 0 unspecified atom stereocenters. The van der Waals surface area contributed by atoms with Crippen molar-refractivity contribution in [2.24, 2.45) is 0 Å². The van der Waals surface area contributed by atoms with E-state index in [1.807, 2.05) is 21.6 Å². The molecule has 0 bridgehead atoms. The summed E-state index contributed by atoms with van der Waals surface area (Å²) in [5, 5.41) is 0. The standard InChI is InChI=1S/C23H33FN2O2S/c1-2-3-4-5-6-7-11-21(27)25-14-12-23(13-15-25)26(16-17-29-23)22(28)19-9-8-10-20(24)18-19/h8-10,18H,2-7,11-17H2,1H3. The summed E-state index contributed by atoms with van der Waals surface area (Å²) < 4.78 is 13.6. The molecular weight excluding hydrogens is 387 g/mol. The fraction of sp³-hybridized carbons (Fsp3) is 0.652. The lowest BCUT2D eigenvalue weighted by molar-refractivity contribution is -0.132. The van der Waals surface area contributed by atoms with Crippen LogP contribution in [-0.2, 0) is 4.79 Å². The van der Waals surface area contributed by atoms with Crippen molar-refractivity contribution in [1.82, 2.24) is 9.80 Å². The first-order valence-electron chi connectivity index (χ1n) is 11.0. The third-order valence-corrected chi connectivity index (χ3v) is 7.69. The molecule has 1 aromatic rings. The molecule has 0 N–H and O–H groups in total. The van der Waals surface area contributed by atoms with Crippen molar-refractivity contribution in [1.29, 1.82) is 0 Å². The molecule has 160 valence electrons. The van der Waals surface area contributed by atoms with Crippen LogP contribution in [0.4, 0.5) is 4.39 Å². The number of nitrogens with zero attached hydrogens (tertiary/aromatic N) is 2. The quantitative estimate of drug-likeness (QED) is 0.551. The smallest absolute Gasteiger partial charge is 0.255 e. The minimum absolute atomic E-state index is 0.0960. The van der Waals surface area contributed by atoms with E-state index in [1.165, 1.54) is 37.8 Å². The molecule has 29 heavy (non-hydrogen) atoms. The largest absolute Gasteiger partial charge is 0.342 e. The van der Waals surface area contributed by atoms with Gasteiger partial charge in [-0.15, -0.1) is 11.8 Å². The Morgan fingerprint density at radius 1 is 1.07 bits per heavy atom. The first-order valence-corrected chi connectivity index (χ1v) is 12.0. The Labute approximate surface area is 178 Å². The number of carbonyl (C=O) groups is 2. The Morgan fingerprint density at radius 2 is 1.79 bits per heavy atom. The zero-order valence-electron chi connectivity index (χ0n) is 17.5. The highest BCUT2D eigenvalue weighted by atomic mass is 32.2. The van der Waals surface area contributed by atoms with E-state index in [4.69, 9.17) is 0 Å². The van der Waals surface area contributed by atoms with Crippen LogP contribution in [-0.4, -0.2) is 51.9 Å². The molecule has 2 aliphatic rings. The predicted molar refractivity (Wildman–Crippen MR) is 116 cm³/mol. The summed E-state index contributed by atoms with van der Waals surface area (Å²) in [5.41, 5.74) is 0.411. The molecule has 0 atom stereocenters. The maximum Gasteiger partial charge on any atom is 0.255 e. The minimum Gasteiger partial charge on any atom is -0.342 e. The Hall–Kier alpha value is -1.56. The van der Waals surface area contributed by atoms with E-state index in [-0.39, 0.29) is 22.5 Å². The zero-order chi connectivity index (χ0) is 20.7. The second-order valence-corrected chi connectivity index (χ2v) is 9.62. The van der Waals surface area contributed by atoms with Crippen LogP contribution < -0.4 is 0 Å². The third-order valence-electron chi connectivity index (χ3n) is 6.14. The predicted octanol–water partition coefficient (Wildman–Crippen LogP) is 5.08. The van der Waals surface area contributed by atoms with Gasteiger partial charge >= 0.3 is 0 Å². The number of benzene rings is 1. The van der Waals surface area contributed by atoms with Crippen LogP contribution in [0.25, 0.3) is 0 Å². The first-order chi connectivity index (χ1) is 14.1. The number of hydrogen-bond donors (Lipinski definition) is 0. The van der Waals surface area contributed by atoms with Gasteiger partial charge in [-0.2, -0.15) is 0 Å². The minimum atomic E-state index is -0.383. The zero-order valence-corrected chi connectivity index (χ0v) is 18.3. The Balaban J connectivity index is 1.50. The fourth-order valence-corrected chi connectivity index (χ4v) is 5.86. The normalized spacial score (nSPS) is 18.4. The van der Waals surface area contributed by atoms with Gasteiger partial charge in [0.15, 0.2) is 0 Å². The van der Waals surface area contributed by atoms with Crippen molar-refractivity contribution in [2.75, 3.05) is 25.4 Å². The van der Waals surface area contributed by atoms with Gasteiger partial charge in [0.1, 0.15) is 5.82 Å². The molecule has 6 heteroatoms. The van der Waals surface area contributed by atoms with Crippen LogP contribution in [0.1, 0.15) is 75.1 Å². The van der Waals surface area contributed by atoms with Gasteiger partial charge in [-0.05, 0) is 37.5 Å². The van der Waals surface area contributed by atoms with Crippen LogP contribution in [0, 0.1) is 5.82 Å². The van der Waals surface area contributed by atoms with Crippen molar-refractivity contribution in [3.8, 4) is 0 Å². The summed E-state index contributed by atoms with van der Waals surface area (Å²) in [7, 11) is 0. The van der Waals surface area contributed by atoms with Crippen molar-refractivity contribution in [2.45, 2.75) is 69.6 Å². The van der Waals surface area contributed by atoms with Gasteiger partial charge in [0, 0.05) is 37.4 Å². The molecule has 2 heterocycles. The molecule has 4 nitrogen and oxygen atoms in total. The molecule has 2 amide bonds. The summed E-state index contributed by atoms with van der Waals surface area (Å²) in [4.78, 5) is 29.2. The maximum absolute atomic E-state index is 13.6. The van der Waals surface area contributed by atoms with Crippen molar-refractivity contribution in [3.63, 3.8) is 0 Å². The molecular formula is C23H33FN2O2S. The lowest BCUT2D eigenvalue weighted by atomic mass is 10.00. The van der Waals surface area contributed by atoms with E-state index < -0.39 is 0 Å². The molecule has 0 aliphatic carbocycles. The van der Waals surface area contributed by atoms with Crippen LogP contribution in [0.3, 0.4) is 0 Å². The average Bonchev–Trinajstić information content (AvgIpc) is 3.13. The van der Waals surface area contributed by atoms with Gasteiger partial charge in [-0.1, -0.05) is 45.1 Å². The number of likely N-dealkylation sites (tertiary alicyclic amines) is 1. The molecule has 0 radical (unpaired) electrons. The van der Waals surface area contributed by atoms with Crippen LogP contribution in [0.15, 0.2) is 24.3 Å². The highest BCUT2D eigenvalue weighted by Gasteiger charge is 2.47. The second kappa shape index (κ2) is 10.5. The second-order valence-electron chi connectivity index (χ2n) is 8.16. The third kappa shape index (κ3) is 5.53. The fourth-order valence-electron chi connectivity index (χ4n) is 4.41. The number of halogens is 1. The maximum atomic E-state index is 13.6. The molecule has 3 rings (SSSR count). The van der Waals surface area contributed by atoms with Gasteiger partial charge < -0.3 is 9.80 Å². The van der Waals surface area contributed by atoms with Crippen molar-refractivity contribution in [3.05, 3.63) is 35.6 Å².